The molecule has 0 aliphatic rings. The van der Waals surface area contributed by atoms with E-state index in [1.54, 1.807) is 6.92 Å². The van der Waals surface area contributed by atoms with Crippen LogP contribution >= 0.6 is 0 Å². The molecule has 1 nitrogen and oxygen atoms in total. The van der Waals surface area contributed by atoms with Crippen LogP contribution in [-0.2, 0) is 0 Å². The molecule has 0 fully saturated rings. The Morgan fingerprint density at radius 1 is 1.50 bits per heavy atom. The van der Waals surface area contributed by atoms with Crippen molar-refractivity contribution in [1.29, 1.82) is 0 Å². The quantitative estimate of drug-likeness (QED) is 0.534. The molecule has 4 heteroatoms. The molecule has 1 unspecified atom stereocenters. The standard InChI is InChI=1S/C3H8FN.CH2F2/c1-2-3(4)5;2-1-3/h3H,2,5H2,1H3;1H2. The number of rotatable bonds is 1. The van der Waals surface area contributed by atoms with E-state index in [1.165, 1.54) is 0 Å². The molecular formula is C4H10F3N. The van der Waals surface area contributed by atoms with Crippen molar-refractivity contribution in [2.45, 2.75) is 19.6 Å². The summed E-state index contributed by atoms with van der Waals surface area (Å²) >= 11 is 0. The predicted molar refractivity (Wildman–Crippen MR) is 26.5 cm³/mol. The average Bonchev–Trinajstić information content (AvgIpc) is 1.69. The van der Waals surface area contributed by atoms with Crippen molar-refractivity contribution < 1.29 is 13.2 Å². The van der Waals surface area contributed by atoms with Crippen LogP contribution in [0.5, 0.6) is 0 Å². The Labute approximate surface area is 46.7 Å². The molecule has 0 aromatic heterocycles. The zero-order valence-electron chi connectivity index (χ0n) is 4.70. The molecule has 0 spiro atoms. The molecule has 0 heterocycles. The summed E-state index contributed by atoms with van der Waals surface area (Å²) in [7, 11) is 0. The summed E-state index contributed by atoms with van der Waals surface area (Å²) in [4.78, 5) is 0. The highest BCUT2D eigenvalue weighted by atomic mass is 19.3. The maximum absolute atomic E-state index is 11.2. The Morgan fingerprint density at radius 2 is 1.62 bits per heavy atom. The maximum Gasteiger partial charge on any atom is 0.229 e. The SMILES string of the molecule is CCC(N)F.FCF. The molecule has 0 aromatic carbocycles. The topological polar surface area (TPSA) is 26.0 Å². The van der Waals surface area contributed by atoms with Crippen LogP contribution in [0.15, 0.2) is 0 Å². The smallest absolute Gasteiger partial charge is 0.229 e. The number of nitrogens with two attached hydrogens (primary N) is 1. The Kier molecular flexibility index (Phi) is 13.2. The third kappa shape index (κ3) is 42.4. The van der Waals surface area contributed by atoms with Crippen LogP contribution in [0.2, 0.25) is 0 Å². The number of alkyl halides is 3. The van der Waals surface area contributed by atoms with Crippen molar-refractivity contribution in [1.82, 2.24) is 0 Å². The van der Waals surface area contributed by atoms with Crippen LogP contribution < -0.4 is 5.73 Å². The minimum Gasteiger partial charge on any atom is -0.302 e. The maximum atomic E-state index is 11.2. The van der Waals surface area contributed by atoms with Gasteiger partial charge in [-0.05, 0) is 6.42 Å². The van der Waals surface area contributed by atoms with E-state index in [0.717, 1.165) is 0 Å². The van der Waals surface area contributed by atoms with E-state index in [4.69, 9.17) is 0 Å². The van der Waals surface area contributed by atoms with Crippen LogP contribution in [0.25, 0.3) is 0 Å². The Hall–Kier alpha value is -0.250. The molecule has 0 aliphatic carbocycles. The van der Waals surface area contributed by atoms with E-state index in [-0.39, 0.29) is 0 Å². The molecule has 0 aromatic rings. The van der Waals surface area contributed by atoms with Crippen molar-refractivity contribution in [3.05, 3.63) is 0 Å². The second-order valence-electron chi connectivity index (χ2n) is 1.03. The van der Waals surface area contributed by atoms with Gasteiger partial charge in [-0.25, -0.2) is 13.2 Å². The minimum atomic E-state index is -1.75. The second kappa shape index (κ2) is 9.89. The highest BCUT2D eigenvalue weighted by Gasteiger charge is 1.85. The predicted octanol–water partition coefficient (Wildman–Crippen LogP) is 1.53. The van der Waals surface area contributed by atoms with Gasteiger partial charge in [-0.15, -0.1) is 0 Å². The summed E-state index contributed by atoms with van der Waals surface area (Å²) < 4.78 is 30.5. The number of hydrogen-bond donors (Lipinski definition) is 1. The first-order chi connectivity index (χ1) is 3.68. The Bertz CT molecular complexity index is 32.5. The summed E-state index contributed by atoms with van der Waals surface area (Å²) in [5.41, 5.74) is 4.62. The molecule has 0 aliphatic heterocycles. The van der Waals surface area contributed by atoms with Gasteiger partial charge >= 0.3 is 0 Å². The van der Waals surface area contributed by atoms with Gasteiger partial charge in [0.05, 0.1) is 0 Å². The van der Waals surface area contributed by atoms with Gasteiger partial charge in [0.1, 0.15) is 6.30 Å². The van der Waals surface area contributed by atoms with Crippen LogP contribution in [0, 0.1) is 0 Å². The average molecular weight is 129 g/mol. The van der Waals surface area contributed by atoms with E-state index in [2.05, 4.69) is 5.73 Å². The van der Waals surface area contributed by atoms with Gasteiger partial charge in [0.25, 0.3) is 0 Å². The van der Waals surface area contributed by atoms with Crippen LogP contribution in [0.4, 0.5) is 13.2 Å². The largest absolute Gasteiger partial charge is 0.302 e. The van der Waals surface area contributed by atoms with Gasteiger partial charge in [-0.3, -0.25) is 0 Å². The lowest BCUT2D eigenvalue weighted by atomic mass is 10.5. The molecule has 0 radical (unpaired) electrons. The molecule has 0 bridgehead atoms. The van der Waals surface area contributed by atoms with E-state index in [0.29, 0.717) is 6.42 Å². The molecule has 0 amide bonds. The van der Waals surface area contributed by atoms with Crippen molar-refractivity contribution in [3.63, 3.8) is 0 Å². The second-order valence-corrected chi connectivity index (χ2v) is 1.03. The molecular weight excluding hydrogens is 119 g/mol. The molecule has 0 saturated heterocycles. The first kappa shape index (κ1) is 10.7. The fourth-order valence-corrected chi connectivity index (χ4v) is 0. The highest BCUT2D eigenvalue weighted by molar-refractivity contribution is 4.32. The molecule has 8 heavy (non-hydrogen) atoms. The van der Waals surface area contributed by atoms with Crippen molar-refractivity contribution >= 4 is 0 Å². The van der Waals surface area contributed by atoms with E-state index < -0.39 is 13.2 Å². The summed E-state index contributed by atoms with van der Waals surface area (Å²) in [6.07, 6.45) is -0.699. The fourth-order valence-electron chi connectivity index (χ4n) is 0. The third-order valence-corrected chi connectivity index (χ3v) is 0.390. The molecule has 2 N–H and O–H groups in total. The lowest BCUT2D eigenvalue weighted by Crippen LogP contribution is -2.09. The molecule has 1 atom stereocenters. The Balaban J connectivity index is 0. The van der Waals surface area contributed by atoms with Crippen LogP contribution in [-0.4, -0.2) is 13.2 Å². The summed E-state index contributed by atoms with van der Waals surface area (Å²) in [6, 6.07) is 0. The van der Waals surface area contributed by atoms with Crippen LogP contribution in [0.1, 0.15) is 13.3 Å². The lowest BCUT2D eigenvalue weighted by Gasteiger charge is -1.87. The van der Waals surface area contributed by atoms with Crippen molar-refractivity contribution in [2.75, 3.05) is 6.93 Å². The van der Waals surface area contributed by atoms with Crippen LogP contribution in [0.3, 0.4) is 0 Å². The first-order valence-corrected chi connectivity index (χ1v) is 2.20. The number of halogens is 3. The van der Waals surface area contributed by atoms with Gasteiger partial charge in [-0.2, -0.15) is 0 Å². The van der Waals surface area contributed by atoms with Gasteiger partial charge < -0.3 is 5.73 Å². The van der Waals surface area contributed by atoms with E-state index >= 15 is 0 Å². The Morgan fingerprint density at radius 3 is 1.62 bits per heavy atom. The molecule has 0 saturated carbocycles. The third-order valence-electron chi connectivity index (χ3n) is 0.390. The van der Waals surface area contributed by atoms with Crippen molar-refractivity contribution in [2.24, 2.45) is 5.73 Å². The van der Waals surface area contributed by atoms with Crippen molar-refractivity contribution in [3.8, 4) is 0 Å². The first-order valence-electron chi connectivity index (χ1n) is 2.20. The monoisotopic (exact) mass is 129 g/mol. The minimum absolute atomic E-state index is 0.417. The molecule has 0 rings (SSSR count). The van der Waals surface area contributed by atoms with Gasteiger partial charge in [-0.1, -0.05) is 6.92 Å². The zero-order chi connectivity index (χ0) is 6.99. The van der Waals surface area contributed by atoms with E-state index in [1.807, 2.05) is 0 Å². The normalized spacial score (nSPS) is 11.6. The van der Waals surface area contributed by atoms with Gasteiger partial charge in [0.2, 0.25) is 6.93 Å². The van der Waals surface area contributed by atoms with Gasteiger partial charge in [0, 0.05) is 0 Å². The lowest BCUT2D eigenvalue weighted by molar-refractivity contribution is 0.295. The van der Waals surface area contributed by atoms with Gasteiger partial charge in [0.15, 0.2) is 0 Å². The number of hydrogen-bond acceptors (Lipinski definition) is 1. The fraction of sp³-hybridized carbons (Fsp3) is 1.00. The van der Waals surface area contributed by atoms with E-state index in [9.17, 15) is 13.2 Å². The summed E-state index contributed by atoms with van der Waals surface area (Å²) in [5.74, 6) is 0. The zero-order valence-corrected chi connectivity index (χ0v) is 4.70. The molecule has 52 valence electrons. The highest BCUT2D eigenvalue weighted by Crippen LogP contribution is 1.81. The summed E-state index contributed by atoms with van der Waals surface area (Å²) in [6.45, 7) is -0.0509. The summed E-state index contributed by atoms with van der Waals surface area (Å²) in [5, 5.41) is 0.